The third kappa shape index (κ3) is 4.38. The minimum absolute atomic E-state index is 0.0285. The lowest BCUT2D eigenvalue weighted by Crippen LogP contribution is -2.29. The largest absolute Gasteiger partial charge is 0.507 e. The molecule has 1 aliphatic rings. The quantitative estimate of drug-likeness (QED) is 0.201. The number of aromatic nitrogens is 1. The van der Waals surface area contributed by atoms with Gasteiger partial charge in [-0.2, -0.15) is 0 Å². The lowest BCUT2D eigenvalue weighted by molar-refractivity contribution is -0.132. The first kappa shape index (κ1) is 24.3. The predicted molar refractivity (Wildman–Crippen MR) is 142 cm³/mol. The maximum Gasteiger partial charge on any atom is 0.301 e. The smallest absolute Gasteiger partial charge is 0.301 e. The molecule has 0 aliphatic carbocycles. The molecule has 2 heterocycles. The zero-order valence-electron chi connectivity index (χ0n) is 20.4. The number of aliphatic hydroxyl groups excluding tert-OH is 1. The first-order chi connectivity index (χ1) is 17.9. The zero-order valence-corrected chi connectivity index (χ0v) is 21.2. The number of nitrogens with zero attached hydrogens (tertiary/aromatic N) is 2. The molecule has 0 bridgehead atoms. The second-order valence-electron chi connectivity index (χ2n) is 8.23. The summed E-state index contributed by atoms with van der Waals surface area (Å²) in [6.07, 6.45) is 0. The van der Waals surface area contributed by atoms with Crippen molar-refractivity contribution in [2.45, 2.75) is 13.0 Å². The molecule has 8 nitrogen and oxygen atoms in total. The van der Waals surface area contributed by atoms with Gasteiger partial charge in [-0.1, -0.05) is 35.6 Å². The Bertz CT molecular complexity index is 1530. The molecule has 1 unspecified atom stereocenters. The number of methoxy groups -OCH3 is 2. The van der Waals surface area contributed by atoms with Gasteiger partial charge in [-0.05, 0) is 55.0 Å². The van der Waals surface area contributed by atoms with Crippen LogP contribution in [0.25, 0.3) is 16.0 Å². The molecule has 0 spiro atoms. The van der Waals surface area contributed by atoms with Gasteiger partial charge in [0.1, 0.15) is 23.0 Å². The van der Waals surface area contributed by atoms with Gasteiger partial charge < -0.3 is 19.3 Å². The average Bonchev–Trinajstić information content (AvgIpc) is 3.46. The summed E-state index contributed by atoms with van der Waals surface area (Å²) in [6.45, 7) is 2.39. The third-order valence-corrected chi connectivity index (χ3v) is 7.10. The molecule has 4 aromatic rings. The minimum Gasteiger partial charge on any atom is -0.507 e. The van der Waals surface area contributed by atoms with Crippen LogP contribution in [-0.4, -0.2) is 42.6 Å². The molecule has 37 heavy (non-hydrogen) atoms. The number of thiazole rings is 1. The van der Waals surface area contributed by atoms with Gasteiger partial charge in [0.2, 0.25) is 0 Å². The highest BCUT2D eigenvalue weighted by molar-refractivity contribution is 7.22. The molecule has 1 aliphatic heterocycles. The minimum atomic E-state index is -0.899. The summed E-state index contributed by atoms with van der Waals surface area (Å²) >= 11 is 1.27. The Morgan fingerprint density at radius 1 is 0.973 bits per heavy atom. The van der Waals surface area contributed by atoms with Gasteiger partial charge >= 0.3 is 5.91 Å². The van der Waals surface area contributed by atoms with Crippen molar-refractivity contribution in [2.24, 2.45) is 0 Å². The number of anilines is 1. The molecule has 3 aromatic carbocycles. The number of benzene rings is 3. The van der Waals surface area contributed by atoms with Gasteiger partial charge in [0.05, 0.1) is 42.7 Å². The molecule has 188 valence electrons. The summed E-state index contributed by atoms with van der Waals surface area (Å²) in [5.41, 5.74) is 1.63. The van der Waals surface area contributed by atoms with Gasteiger partial charge in [-0.3, -0.25) is 14.5 Å². The third-order valence-electron chi connectivity index (χ3n) is 6.08. The molecular weight excluding hydrogens is 492 g/mol. The van der Waals surface area contributed by atoms with Crippen LogP contribution in [-0.2, 0) is 9.59 Å². The molecule has 0 radical (unpaired) electrons. The van der Waals surface area contributed by atoms with Crippen molar-refractivity contribution >= 4 is 44.1 Å². The Morgan fingerprint density at radius 2 is 1.68 bits per heavy atom. The van der Waals surface area contributed by atoms with Crippen molar-refractivity contribution in [1.82, 2.24) is 4.98 Å². The van der Waals surface area contributed by atoms with Crippen molar-refractivity contribution in [1.29, 1.82) is 0 Å². The number of rotatable bonds is 7. The van der Waals surface area contributed by atoms with Crippen molar-refractivity contribution < 1.29 is 28.9 Å². The molecule has 5 rings (SSSR count). The van der Waals surface area contributed by atoms with E-state index < -0.39 is 17.7 Å². The predicted octanol–water partition coefficient (Wildman–Crippen LogP) is 5.34. The molecule has 9 heteroatoms. The van der Waals surface area contributed by atoms with E-state index in [2.05, 4.69) is 4.98 Å². The van der Waals surface area contributed by atoms with Crippen LogP contribution >= 0.6 is 11.3 Å². The van der Waals surface area contributed by atoms with E-state index in [9.17, 15) is 14.7 Å². The zero-order chi connectivity index (χ0) is 26.1. The number of hydrogen-bond donors (Lipinski definition) is 1. The van der Waals surface area contributed by atoms with E-state index in [0.717, 1.165) is 4.70 Å². The number of Topliss-reactive ketones (excluding diaryl/α,β-unsaturated/α-hetero) is 1. The summed E-state index contributed by atoms with van der Waals surface area (Å²) in [7, 11) is 3.09. The SMILES string of the molecule is CCOc1ccc(C2/C(=C(\O)c3cccc(OC)c3)C(=O)C(=O)N2c2nc3ccc(OC)cc3s2)cc1. The van der Waals surface area contributed by atoms with Crippen LogP contribution < -0.4 is 19.1 Å². The fourth-order valence-corrected chi connectivity index (χ4v) is 5.33. The summed E-state index contributed by atoms with van der Waals surface area (Å²) in [5, 5.41) is 11.7. The van der Waals surface area contributed by atoms with E-state index in [4.69, 9.17) is 14.2 Å². The first-order valence-corrected chi connectivity index (χ1v) is 12.4. The lowest BCUT2D eigenvalue weighted by atomic mass is 9.95. The monoisotopic (exact) mass is 516 g/mol. The molecule has 1 atom stereocenters. The van der Waals surface area contributed by atoms with Crippen LogP contribution in [0.3, 0.4) is 0 Å². The molecule has 0 saturated carbocycles. The van der Waals surface area contributed by atoms with Crippen LogP contribution in [0.5, 0.6) is 17.2 Å². The van der Waals surface area contributed by atoms with Crippen molar-refractivity contribution in [3.63, 3.8) is 0 Å². The average molecular weight is 517 g/mol. The molecule has 1 N–H and O–H groups in total. The number of amides is 1. The van der Waals surface area contributed by atoms with E-state index in [1.165, 1.54) is 23.3 Å². The molecule has 1 amide bonds. The molecule has 1 fully saturated rings. The van der Waals surface area contributed by atoms with Crippen LogP contribution in [0.4, 0.5) is 5.13 Å². The summed E-state index contributed by atoms with van der Waals surface area (Å²) in [5.74, 6) is -0.0308. The van der Waals surface area contributed by atoms with Gasteiger partial charge in [0.15, 0.2) is 5.13 Å². The van der Waals surface area contributed by atoms with Gasteiger partial charge in [-0.25, -0.2) is 4.98 Å². The second-order valence-corrected chi connectivity index (χ2v) is 9.24. The summed E-state index contributed by atoms with van der Waals surface area (Å²) in [6, 6.07) is 18.3. The second kappa shape index (κ2) is 9.94. The fraction of sp³-hybridized carbons (Fsp3) is 0.179. The lowest BCUT2D eigenvalue weighted by Gasteiger charge is -2.23. The molecular formula is C28H24N2O6S. The number of carbonyl (C=O) groups is 2. The standard InChI is InChI=1S/C28H24N2O6S/c1-4-36-18-10-8-16(9-11-18)24-23(25(31)17-6-5-7-19(14-17)34-2)26(32)27(33)30(24)28-29-21-13-12-20(35-3)15-22(21)37-28/h5-15,24,31H,4H2,1-3H3/b25-23+. The number of fused-ring (bicyclic) bond motifs is 1. The van der Waals surface area contributed by atoms with E-state index in [1.54, 1.807) is 67.8 Å². The Balaban J connectivity index is 1.69. The highest BCUT2D eigenvalue weighted by Gasteiger charge is 2.48. The Morgan fingerprint density at radius 3 is 2.38 bits per heavy atom. The number of hydrogen-bond acceptors (Lipinski definition) is 8. The maximum absolute atomic E-state index is 13.5. The van der Waals surface area contributed by atoms with Crippen molar-refractivity contribution in [3.05, 3.63) is 83.4 Å². The van der Waals surface area contributed by atoms with Crippen LogP contribution in [0.1, 0.15) is 24.1 Å². The first-order valence-electron chi connectivity index (χ1n) is 11.6. The Hall–Kier alpha value is -4.37. The van der Waals surface area contributed by atoms with Crippen LogP contribution in [0, 0.1) is 0 Å². The normalized spacial score (nSPS) is 16.8. The van der Waals surface area contributed by atoms with Crippen molar-refractivity contribution in [3.8, 4) is 17.2 Å². The van der Waals surface area contributed by atoms with Crippen LogP contribution in [0.2, 0.25) is 0 Å². The van der Waals surface area contributed by atoms with E-state index in [0.29, 0.717) is 45.6 Å². The van der Waals surface area contributed by atoms with Gasteiger partial charge in [-0.15, -0.1) is 0 Å². The summed E-state index contributed by atoms with van der Waals surface area (Å²) in [4.78, 5) is 32.9. The maximum atomic E-state index is 13.5. The highest BCUT2D eigenvalue weighted by atomic mass is 32.1. The topological polar surface area (TPSA) is 98.2 Å². The van der Waals surface area contributed by atoms with E-state index >= 15 is 0 Å². The summed E-state index contributed by atoms with van der Waals surface area (Å²) < 4.78 is 17.0. The Kier molecular flexibility index (Phi) is 6.54. The van der Waals surface area contributed by atoms with Crippen LogP contribution in [0.15, 0.2) is 72.3 Å². The number of carbonyl (C=O) groups excluding carboxylic acids is 2. The number of ether oxygens (including phenoxy) is 3. The van der Waals surface area contributed by atoms with E-state index in [1.807, 2.05) is 13.0 Å². The van der Waals surface area contributed by atoms with Gasteiger partial charge in [0.25, 0.3) is 5.78 Å². The highest BCUT2D eigenvalue weighted by Crippen LogP contribution is 2.45. The number of ketones is 1. The fourth-order valence-electron chi connectivity index (χ4n) is 4.31. The molecule has 1 aromatic heterocycles. The van der Waals surface area contributed by atoms with Gasteiger partial charge in [0, 0.05) is 5.56 Å². The number of aliphatic hydroxyl groups is 1. The molecule has 1 saturated heterocycles. The van der Waals surface area contributed by atoms with E-state index in [-0.39, 0.29) is 11.3 Å². The Labute approximate surface area is 217 Å². The van der Waals surface area contributed by atoms with Crippen molar-refractivity contribution in [2.75, 3.05) is 25.7 Å².